The van der Waals surface area contributed by atoms with Crippen LogP contribution in [0.5, 0.6) is 0 Å². The lowest BCUT2D eigenvalue weighted by molar-refractivity contribution is 0.227. The van der Waals surface area contributed by atoms with Crippen LogP contribution >= 0.6 is 7.60 Å². The Labute approximate surface area is 64.7 Å². The van der Waals surface area contributed by atoms with Gasteiger partial charge in [0.05, 0.1) is 0 Å². The van der Waals surface area contributed by atoms with Crippen molar-refractivity contribution in [3.8, 4) is 0 Å². The van der Waals surface area contributed by atoms with Crippen LogP contribution in [0.25, 0.3) is 0 Å². The average molecular weight is 202 g/mol. The smallest absolute Gasteiger partial charge is 0.390 e. The summed E-state index contributed by atoms with van der Waals surface area (Å²) in [6.07, 6.45) is -0.510. The molecule has 0 unspecified atom stereocenters. The minimum Gasteiger partial charge on any atom is -0.390 e. The van der Waals surface area contributed by atoms with Crippen LogP contribution in [-0.2, 0) is 4.57 Å². The molecule has 0 radical (unpaired) electrons. The lowest BCUT2D eigenvalue weighted by atomic mass is 10.6. The quantitative estimate of drug-likeness (QED) is 0.279. The van der Waals surface area contributed by atoms with Gasteiger partial charge in [0.1, 0.15) is 0 Å². The summed E-state index contributed by atoms with van der Waals surface area (Å²) in [7, 11) is -8.16. The summed E-state index contributed by atoms with van der Waals surface area (Å²) in [4.78, 5) is 41.8. The molecule has 0 spiro atoms. The highest BCUT2D eigenvalue weighted by atomic mass is 31.2. The second-order valence-electron chi connectivity index (χ2n) is 2.27. The number of hydrogen-bond acceptors (Lipinski definition) is 4. The van der Waals surface area contributed by atoms with Crippen LogP contribution in [0.1, 0.15) is 6.42 Å². The Morgan fingerprint density at radius 2 is 1.64 bits per heavy atom. The Kier molecular flexibility index (Phi) is 3.85. The molecule has 5 N–H and O–H groups in total. The van der Waals surface area contributed by atoms with E-state index in [1.807, 2.05) is 0 Å². The molecule has 0 rings (SSSR count). The molecule has 0 saturated carbocycles. The van der Waals surface area contributed by atoms with Crippen LogP contribution in [-0.4, -0.2) is 39.1 Å². The normalized spacial score (nSPS) is 13.5. The van der Waals surface area contributed by atoms with Crippen molar-refractivity contribution in [1.82, 2.24) is 0 Å². The van der Waals surface area contributed by atoms with Crippen molar-refractivity contribution in [3.05, 3.63) is 0 Å². The fourth-order valence-corrected chi connectivity index (χ4v) is 2.04. The zero-order valence-corrected chi connectivity index (χ0v) is 7.61. The van der Waals surface area contributed by atoms with E-state index in [-0.39, 0.29) is 12.5 Å². The summed E-state index contributed by atoms with van der Waals surface area (Å²) in [5.41, 5.74) is 0. The largest absolute Gasteiger partial charge is 0.492 e. The molecule has 0 heterocycles. The standard InChI is InChI=1S/C3H11O6PSi/c4-10(5,6)2-1-3-11(7,8)9/h7-9H,1-3H2,(H2,4,5,6). The van der Waals surface area contributed by atoms with Crippen molar-refractivity contribution >= 4 is 16.4 Å². The van der Waals surface area contributed by atoms with Crippen molar-refractivity contribution in [2.24, 2.45) is 0 Å². The van der Waals surface area contributed by atoms with E-state index in [9.17, 15) is 4.57 Å². The van der Waals surface area contributed by atoms with Gasteiger partial charge in [-0.15, -0.1) is 0 Å². The van der Waals surface area contributed by atoms with Gasteiger partial charge >= 0.3 is 16.4 Å². The van der Waals surface area contributed by atoms with Gasteiger partial charge in [0, 0.05) is 12.2 Å². The molecule has 0 atom stereocenters. The molecule has 68 valence electrons. The summed E-state index contributed by atoms with van der Waals surface area (Å²) in [6, 6.07) is -0.335. The Bertz CT molecular complexity index is 158. The summed E-state index contributed by atoms with van der Waals surface area (Å²) in [5, 5.41) is 0. The Morgan fingerprint density at radius 1 is 1.18 bits per heavy atom. The predicted molar refractivity (Wildman–Crippen MR) is 38.7 cm³/mol. The van der Waals surface area contributed by atoms with Crippen molar-refractivity contribution in [2.45, 2.75) is 12.5 Å². The van der Waals surface area contributed by atoms with E-state index in [1.165, 1.54) is 0 Å². The molecule has 6 nitrogen and oxygen atoms in total. The van der Waals surface area contributed by atoms with Crippen LogP contribution < -0.4 is 0 Å². The molecule has 0 fully saturated rings. The maximum Gasteiger partial charge on any atom is 0.492 e. The van der Waals surface area contributed by atoms with Crippen molar-refractivity contribution < 1.29 is 28.7 Å². The summed E-state index contributed by atoms with van der Waals surface area (Å²) >= 11 is 0. The highest BCUT2D eigenvalue weighted by Gasteiger charge is 2.27. The second kappa shape index (κ2) is 3.77. The minimum atomic E-state index is -4.10. The van der Waals surface area contributed by atoms with Gasteiger partial charge in [-0.25, -0.2) is 0 Å². The SMILES string of the molecule is O=P(O)(O)CCC[Si](O)(O)O. The van der Waals surface area contributed by atoms with Crippen molar-refractivity contribution in [1.29, 1.82) is 0 Å². The van der Waals surface area contributed by atoms with Crippen LogP contribution in [0.15, 0.2) is 0 Å². The van der Waals surface area contributed by atoms with Gasteiger partial charge in [-0.3, -0.25) is 4.57 Å². The van der Waals surface area contributed by atoms with E-state index in [0.717, 1.165) is 0 Å². The first-order valence-corrected chi connectivity index (χ1v) is 6.77. The molecule has 0 amide bonds. The molecule has 0 aliphatic carbocycles. The van der Waals surface area contributed by atoms with Gasteiger partial charge in [0.2, 0.25) is 0 Å². The third-order valence-corrected chi connectivity index (χ3v) is 2.88. The van der Waals surface area contributed by atoms with Gasteiger partial charge < -0.3 is 24.2 Å². The van der Waals surface area contributed by atoms with Crippen LogP contribution in [0.3, 0.4) is 0 Å². The van der Waals surface area contributed by atoms with Gasteiger partial charge in [-0.2, -0.15) is 0 Å². The van der Waals surface area contributed by atoms with Crippen molar-refractivity contribution in [3.63, 3.8) is 0 Å². The summed E-state index contributed by atoms with van der Waals surface area (Å²) in [6.45, 7) is 0. The van der Waals surface area contributed by atoms with Gasteiger partial charge in [-0.05, 0) is 6.42 Å². The average Bonchev–Trinajstić information content (AvgIpc) is 1.55. The van der Waals surface area contributed by atoms with E-state index in [4.69, 9.17) is 24.2 Å². The molecule has 0 saturated heterocycles. The number of hydrogen-bond donors (Lipinski definition) is 5. The Balaban J connectivity index is 3.52. The third kappa shape index (κ3) is 10.2. The van der Waals surface area contributed by atoms with E-state index in [2.05, 4.69) is 0 Å². The first-order chi connectivity index (χ1) is 4.71. The predicted octanol–water partition coefficient (Wildman–Crippen LogP) is -1.53. The summed E-state index contributed by atoms with van der Waals surface area (Å²) in [5.74, 6) is 0. The monoisotopic (exact) mass is 202 g/mol. The van der Waals surface area contributed by atoms with Crippen LogP contribution in [0.2, 0.25) is 6.04 Å². The van der Waals surface area contributed by atoms with E-state index in [0.29, 0.717) is 0 Å². The molecular weight excluding hydrogens is 191 g/mol. The third-order valence-electron chi connectivity index (χ3n) is 0.962. The minimum absolute atomic E-state index is 0.0833. The zero-order chi connectivity index (χ0) is 9.12. The lowest BCUT2D eigenvalue weighted by Crippen LogP contribution is -2.34. The second-order valence-corrected chi connectivity index (χ2v) is 6.09. The zero-order valence-electron chi connectivity index (χ0n) is 5.71. The van der Waals surface area contributed by atoms with Gasteiger partial charge in [0.15, 0.2) is 0 Å². The van der Waals surface area contributed by atoms with Gasteiger partial charge in [-0.1, -0.05) is 0 Å². The molecule has 0 aromatic rings. The Hall–Kier alpha value is 0.247. The number of rotatable bonds is 4. The molecule has 0 aliphatic rings. The fraction of sp³-hybridized carbons (Fsp3) is 1.00. The highest BCUT2D eigenvalue weighted by molar-refractivity contribution is 7.51. The van der Waals surface area contributed by atoms with E-state index in [1.54, 1.807) is 0 Å². The van der Waals surface area contributed by atoms with E-state index < -0.39 is 22.6 Å². The highest BCUT2D eigenvalue weighted by Crippen LogP contribution is 2.35. The van der Waals surface area contributed by atoms with Crippen molar-refractivity contribution in [2.75, 3.05) is 6.16 Å². The first kappa shape index (κ1) is 11.2. The molecule has 0 aromatic heterocycles. The molecular formula is C3H11O6PSi. The molecule has 0 aliphatic heterocycles. The topological polar surface area (TPSA) is 118 Å². The van der Waals surface area contributed by atoms with Crippen LogP contribution in [0.4, 0.5) is 0 Å². The first-order valence-electron chi connectivity index (χ1n) is 2.92. The van der Waals surface area contributed by atoms with Crippen LogP contribution in [0, 0.1) is 0 Å². The fourth-order valence-electron chi connectivity index (χ4n) is 0.522. The molecule has 0 aromatic carbocycles. The van der Waals surface area contributed by atoms with Gasteiger partial charge in [0.25, 0.3) is 0 Å². The Morgan fingerprint density at radius 3 is 1.91 bits per heavy atom. The maximum absolute atomic E-state index is 10.2. The maximum atomic E-state index is 10.2. The molecule has 8 heteroatoms. The molecule has 0 bridgehead atoms. The lowest BCUT2D eigenvalue weighted by Gasteiger charge is -2.08. The summed E-state index contributed by atoms with van der Waals surface area (Å²) < 4.78 is 10.2. The van der Waals surface area contributed by atoms with E-state index >= 15 is 0 Å². The molecule has 11 heavy (non-hydrogen) atoms.